The largest absolute Gasteiger partial charge is 0.345 e. The summed E-state index contributed by atoms with van der Waals surface area (Å²) in [6.45, 7) is 5.83. The average Bonchev–Trinajstić information content (AvgIpc) is 2.37. The first-order chi connectivity index (χ1) is 9.23. The molecule has 0 radical (unpaired) electrons. The monoisotopic (exact) mass is 299 g/mol. The summed E-state index contributed by atoms with van der Waals surface area (Å²) in [5.41, 5.74) is 4.57. The molecule has 0 aliphatic heterocycles. The molecule has 20 heavy (non-hydrogen) atoms. The number of nitro groups is 1. The highest BCUT2D eigenvalue weighted by Crippen LogP contribution is 2.27. The van der Waals surface area contributed by atoms with E-state index < -0.39 is 16.4 Å². The molecule has 0 aromatic heterocycles. The van der Waals surface area contributed by atoms with Gasteiger partial charge in [0.1, 0.15) is 5.56 Å². The van der Waals surface area contributed by atoms with Crippen LogP contribution in [0.4, 0.5) is 5.69 Å². The third-order valence-electron chi connectivity index (χ3n) is 3.51. The standard InChI is InChI=1S/C13H18ClN3O3/c1-8(2)13(3,7-15)16-12(18)11-9(14)5-4-6-10(11)17(19)20/h4-6,8H,7,15H2,1-3H3,(H,16,18). The molecule has 0 saturated carbocycles. The number of benzene rings is 1. The van der Waals surface area contributed by atoms with E-state index in [1.165, 1.54) is 18.2 Å². The molecule has 0 aliphatic rings. The molecule has 0 fully saturated rings. The zero-order chi connectivity index (χ0) is 15.5. The van der Waals surface area contributed by atoms with Gasteiger partial charge in [0.05, 0.1) is 15.5 Å². The Labute approximate surface area is 122 Å². The van der Waals surface area contributed by atoms with Crippen molar-refractivity contribution in [3.8, 4) is 0 Å². The topological polar surface area (TPSA) is 98.3 Å². The van der Waals surface area contributed by atoms with Crippen molar-refractivity contribution in [1.29, 1.82) is 0 Å². The predicted octanol–water partition coefficient (Wildman–Crippen LogP) is 2.35. The first kappa shape index (κ1) is 16.4. The third kappa shape index (κ3) is 3.26. The predicted molar refractivity (Wildman–Crippen MR) is 77.9 cm³/mol. The summed E-state index contributed by atoms with van der Waals surface area (Å²) < 4.78 is 0. The van der Waals surface area contributed by atoms with Crippen LogP contribution in [0.15, 0.2) is 18.2 Å². The summed E-state index contributed by atoms with van der Waals surface area (Å²) in [6.07, 6.45) is 0. The second-order valence-electron chi connectivity index (χ2n) is 5.12. The summed E-state index contributed by atoms with van der Waals surface area (Å²) in [6, 6.07) is 4.12. The summed E-state index contributed by atoms with van der Waals surface area (Å²) in [5, 5.41) is 13.8. The number of nitro benzene ring substituents is 1. The van der Waals surface area contributed by atoms with Crippen LogP contribution >= 0.6 is 11.6 Å². The van der Waals surface area contributed by atoms with Gasteiger partial charge >= 0.3 is 0 Å². The van der Waals surface area contributed by atoms with Gasteiger partial charge in [-0.05, 0) is 18.9 Å². The van der Waals surface area contributed by atoms with Crippen LogP contribution in [-0.4, -0.2) is 22.9 Å². The van der Waals surface area contributed by atoms with Crippen molar-refractivity contribution in [2.24, 2.45) is 11.7 Å². The molecule has 1 unspecified atom stereocenters. The molecule has 7 heteroatoms. The van der Waals surface area contributed by atoms with Crippen molar-refractivity contribution in [2.75, 3.05) is 6.54 Å². The number of nitrogens with one attached hydrogen (secondary N) is 1. The minimum absolute atomic E-state index is 0.0415. The molecule has 1 aromatic carbocycles. The molecule has 1 amide bonds. The Morgan fingerprint density at radius 3 is 2.60 bits per heavy atom. The van der Waals surface area contributed by atoms with Crippen LogP contribution in [0.2, 0.25) is 5.02 Å². The van der Waals surface area contributed by atoms with E-state index in [-0.39, 0.29) is 28.7 Å². The molecule has 0 spiro atoms. The number of rotatable bonds is 5. The van der Waals surface area contributed by atoms with E-state index in [0.717, 1.165) is 0 Å². The van der Waals surface area contributed by atoms with Crippen molar-refractivity contribution in [1.82, 2.24) is 5.32 Å². The summed E-state index contributed by atoms with van der Waals surface area (Å²) in [4.78, 5) is 22.7. The molecular formula is C13H18ClN3O3. The van der Waals surface area contributed by atoms with E-state index in [2.05, 4.69) is 5.32 Å². The molecule has 0 bridgehead atoms. The van der Waals surface area contributed by atoms with E-state index in [9.17, 15) is 14.9 Å². The minimum Gasteiger partial charge on any atom is -0.345 e. The molecule has 0 saturated heterocycles. The van der Waals surface area contributed by atoms with Gasteiger partial charge in [0.15, 0.2) is 0 Å². The van der Waals surface area contributed by atoms with Crippen molar-refractivity contribution in [3.05, 3.63) is 38.9 Å². The Hall–Kier alpha value is -1.66. The normalized spacial score (nSPS) is 13.9. The Kier molecular flexibility index (Phi) is 5.08. The van der Waals surface area contributed by atoms with Gasteiger partial charge in [-0.15, -0.1) is 0 Å². The molecule has 3 N–H and O–H groups in total. The lowest BCUT2D eigenvalue weighted by molar-refractivity contribution is -0.385. The van der Waals surface area contributed by atoms with Gasteiger partial charge in [0, 0.05) is 12.6 Å². The zero-order valence-electron chi connectivity index (χ0n) is 11.6. The van der Waals surface area contributed by atoms with Crippen LogP contribution in [0.5, 0.6) is 0 Å². The highest BCUT2D eigenvalue weighted by Gasteiger charge is 2.32. The number of nitrogens with zero attached hydrogens (tertiary/aromatic N) is 1. The first-order valence-electron chi connectivity index (χ1n) is 6.18. The second kappa shape index (κ2) is 6.19. The third-order valence-corrected chi connectivity index (χ3v) is 3.83. The van der Waals surface area contributed by atoms with Crippen LogP contribution in [0.1, 0.15) is 31.1 Å². The molecule has 0 aliphatic carbocycles. The van der Waals surface area contributed by atoms with Gasteiger partial charge in [0.2, 0.25) is 0 Å². The van der Waals surface area contributed by atoms with Gasteiger partial charge in [-0.25, -0.2) is 0 Å². The Morgan fingerprint density at radius 1 is 1.55 bits per heavy atom. The fourth-order valence-electron chi connectivity index (χ4n) is 1.64. The van der Waals surface area contributed by atoms with Crippen molar-refractivity contribution in [2.45, 2.75) is 26.3 Å². The van der Waals surface area contributed by atoms with E-state index in [1.54, 1.807) is 6.92 Å². The molecule has 1 atom stereocenters. The highest BCUT2D eigenvalue weighted by molar-refractivity contribution is 6.34. The second-order valence-corrected chi connectivity index (χ2v) is 5.53. The fourth-order valence-corrected chi connectivity index (χ4v) is 1.90. The van der Waals surface area contributed by atoms with Crippen LogP contribution in [0.3, 0.4) is 0 Å². The number of halogens is 1. The van der Waals surface area contributed by atoms with Gasteiger partial charge in [-0.1, -0.05) is 31.5 Å². The number of carbonyl (C=O) groups is 1. The molecule has 6 nitrogen and oxygen atoms in total. The number of nitrogens with two attached hydrogens (primary N) is 1. The van der Waals surface area contributed by atoms with Crippen LogP contribution in [-0.2, 0) is 0 Å². The van der Waals surface area contributed by atoms with Crippen molar-refractivity contribution >= 4 is 23.2 Å². The maximum absolute atomic E-state index is 12.3. The lowest BCUT2D eigenvalue weighted by Gasteiger charge is -2.33. The average molecular weight is 300 g/mol. The first-order valence-corrected chi connectivity index (χ1v) is 6.56. The lowest BCUT2D eigenvalue weighted by Crippen LogP contribution is -2.55. The van der Waals surface area contributed by atoms with E-state index in [4.69, 9.17) is 17.3 Å². The van der Waals surface area contributed by atoms with Crippen molar-refractivity contribution < 1.29 is 9.72 Å². The summed E-state index contributed by atoms with van der Waals surface area (Å²) in [7, 11) is 0. The SMILES string of the molecule is CC(C)C(C)(CN)NC(=O)c1c(Cl)cccc1[N+](=O)[O-]. The molecule has 1 rings (SSSR count). The molecule has 0 heterocycles. The van der Waals surface area contributed by atoms with Crippen molar-refractivity contribution in [3.63, 3.8) is 0 Å². The van der Waals surface area contributed by atoms with Gasteiger partial charge < -0.3 is 11.1 Å². The summed E-state index contributed by atoms with van der Waals surface area (Å²) in [5.74, 6) is -0.526. The highest BCUT2D eigenvalue weighted by atomic mass is 35.5. The zero-order valence-corrected chi connectivity index (χ0v) is 12.4. The van der Waals surface area contributed by atoms with Crippen LogP contribution in [0, 0.1) is 16.0 Å². The smallest absolute Gasteiger partial charge is 0.283 e. The maximum atomic E-state index is 12.3. The van der Waals surface area contributed by atoms with E-state index in [0.29, 0.717) is 0 Å². The molecule has 1 aromatic rings. The Bertz CT molecular complexity index is 534. The molecule has 110 valence electrons. The number of amides is 1. The van der Waals surface area contributed by atoms with Gasteiger partial charge in [-0.3, -0.25) is 14.9 Å². The minimum atomic E-state index is -0.663. The van der Waals surface area contributed by atoms with Crippen LogP contribution in [0.25, 0.3) is 0 Å². The van der Waals surface area contributed by atoms with Crippen LogP contribution < -0.4 is 11.1 Å². The van der Waals surface area contributed by atoms with Gasteiger partial charge in [0.25, 0.3) is 11.6 Å². The summed E-state index contributed by atoms with van der Waals surface area (Å²) >= 11 is 5.92. The molecular weight excluding hydrogens is 282 g/mol. The number of hydrogen-bond donors (Lipinski definition) is 2. The Morgan fingerprint density at radius 2 is 2.15 bits per heavy atom. The van der Waals surface area contributed by atoms with E-state index >= 15 is 0 Å². The maximum Gasteiger partial charge on any atom is 0.283 e. The fraction of sp³-hybridized carbons (Fsp3) is 0.462. The van der Waals surface area contributed by atoms with E-state index in [1.807, 2.05) is 13.8 Å². The van der Waals surface area contributed by atoms with Gasteiger partial charge in [-0.2, -0.15) is 0 Å². The quantitative estimate of drug-likeness (QED) is 0.644. The Balaban J connectivity index is 3.19. The number of carbonyl (C=O) groups excluding carboxylic acids is 1. The lowest BCUT2D eigenvalue weighted by atomic mass is 9.88. The number of hydrogen-bond acceptors (Lipinski definition) is 4.